The zero-order valence-electron chi connectivity index (χ0n) is 19.4. The fourth-order valence-electron chi connectivity index (χ4n) is 6.94. The van der Waals surface area contributed by atoms with Crippen LogP contribution < -0.4 is 0 Å². The average molecular weight is 449 g/mol. The summed E-state index contributed by atoms with van der Waals surface area (Å²) >= 11 is 0. The van der Waals surface area contributed by atoms with Gasteiger partial charge in [0.05, 0.1) is 6.10 Å². The molecule has 1 aliphatic heterocycles. The summed E-state index contributed by atoms with van der Waals surface area (Å²) in [5, 5.41) is 11.8. The van der Waals surface area contributed by atoms with Crippen LogP contribution in [-0.4, -0.2) is 47.8 Å². The molecule has 8 heteroatoms. The van der Waals surface area contributed by atoms with Crippen molar-refractivity contribution in [2.45, 2.75) is 79.2 Å². The number of hydrogen-bond donors (Lipinski definition) is 1. The van der Waals surface area contributed by atoms with Gasteiger partial charge in [0.15, 0.2) is 0 Å². The van der Waals surface area contributed by atoms with Gasteiger partial charge in [0.25, 0.3) is 0 Å². The standard InChI is InChI=1S/C24H32O8/c1-7-11(2)20(28)31-16-10-15-22(30-13(4)26)32-21(29-12(3)25)14-8-9-17-23(5,6)18(16)19(27)24(14,15)17/h7,10,14,16-19,21-22,27H,8-9H2,1-6H3/b11-7-/t14-,16+,17-,18+,19+,21-,22-,24+/m1/s1. The fraction of sp³-hybridized carbons (Fsp3) is 0.708. The molecule has 0 unspecified atom stereocenters. The van der Waals surface area contributed by atoms with Crippen LogP contribution in [0, 0.1) is 28.6 Å². The summed E-state index contributed by atoms with van der Waals surface area (Å²) in [6.45, 7) is 10.2. The molecule has 1 spiro atoms. The van der Waals surface area contributed by atoms with Gasteiger partial charge >= 0.3 is 17.9 Å². The maximum Gasteiger partial charge on any atom is 0.333 e. The van der Waals surface area contributed by atoms with Crippen LogP contribution in [0.2, 0.25) is 0 Å². The number of carbonyl (C=O) groups excluding carboxylic acids is 3. The largest absolute Gasteiger partial charge is 0.454 e. The number of hydrogen-bond acceptors (Lipinski definition) is 8. The van der Waals surface area contributed by atoms with E-state index in [0.717, 1.165) is 6.42 Å². The normalized spacial score (nSPS) is 41.4. The van der Waals surface area contributed by atoms with Gasteiger partial charge in [-0.25, -0.2) is 4.79 Å². The Morgan fingerprint density at radius 3 is 2.34 bits per heavy atom. The molecule has 1 saturated heterocycles. The van der Waals surface area contributed by atoms with Gasteiger partial charge in [0, 0.05) is 42.2 Å². The third-order valence-corrected chi connectivity index (χ3v) is 8.13. The second-order valence-electron chi connectivity index (χ2n) is 9.98. The summed E-state index contributed by atoms with van der Waals surface area (Å²) < 4.78 is 22.8. The fourth-order valence-corrected chi connectivity index (χ4v) is 6.94. The van der Waals surface area contributed by atoms with Crippen molar-refractivity contribution in [1.29, 1.82) is 0 Å². The Morgan fingerprint density at radius 1 is 1.09 bits per heavy atom. The van der Waals surface area contributed by atoms with Crippen molar-refractivity contribution in [2.75, 3.05) is 0 Å². The Balaban J connectivity index is 1.85. The van der Waals surface area contributed by atoms with Gasteiger partial charge in [-0.15, -0.1) is 0 Å². The van der Waals surface area contributed by atoms with E-state index < -0.39 is 48.1 Å². The lowest BCUT2D eigenvalue weighted by Crippen LogP contribution is -2.59. The number of esters is 3. The molecule has 0 radical (unpaired) electrons. The van der Waals surface area contributed by atoms with Crippen molar-refractivity contribution in [1.82, 2.24) is 0 Å². The number of carbonyl (C=O) groups is 3. The SMILES string of the molecule is C/C=C(/C)C(=O)O[C@H]1C=C2[C@H](OC(C)=O)O[C@@H](OC(C)=O)[C@H]3CC[C@@H]4C(C)(C)[C@@H]1[C@H](O)[C@]234. The number of aliphatic hydroxyl groups is 1. The Bertz CT molecular complexity index is 902. The van der Waals surface area contributed by atoms with Crippen molar-refractivity contribution in [3.05, 3.63) is 23.3 Å². The Morgan fingerprint density at radius 2 is 1.75 bits per heavy atom. The quantitative estimate of drug-likeness (QED) is 0.303. The van der Waals surface area contributed by atoms with E-state index in [0.29, 0.717) is 17.6 Å². The first-order chi connectivity index (χ1) is 15.0. The molecule has 0 aromatic heterocycles. The zero-order valence-corrected chi connectivity index (χ0v) is 19.4. The van der Waals surface area contributed by atoms with Gasteiger partial charge in [0.1, 0.15) is 6.10 Å². The van der Waals surface area contributed by atoms with E-state index in [4.69, 9.17) is 18.9 Å². The lowest BCUT2D eigenvalue weighted by Gasteiger charge is -2.52. The first kappa shape index (κ1) is 23.0. The van der Waals surface area contributed by atoms with Gasteiger partial charge in [-0.1, -0.05) is 19.9 Å². The van der Waals surface area contributed by atoms with Crippen LogP contribution in [0.4, 0.5) is 0 Å². The predicted molar refractivity (Wildman–Crippen MR) is 112 cm³/mol. The molecule has 0 amide bonds. The minimum atomic E-state index is -1.14. The molecule has 0 aromatic carbocycles. The van der Waals surface area contributed by atoms with E-state index in [1.54, 1.807) is 26.0 Å². The molecule has 1 N–H and O–H groups in total. The third kappa shape index (κ3) is 3.06. The molecular formula is C24H32O8. The Labute approximate surface area is 187 Å². The molecule has 8 atom stereocenters. The number of rotatable bonds is 4. The predicted octanol–water partition coefficient (Wildman–Crippen LogP) is 2.64. The van der Waals surface area contributed by atoms with E-state index in [-0.39, 0.29) is 23.2 Å². The van der Waals surface area contributed by atoms with Crippen LogP contribution >= 0.6 is 0 Å². The van der Waals surface area contributed by atoms with Crippen LogP contribution in [0.1, 0.15) is 54.4 Å². The minimum Gasteiger partial charge on any atom is -0.454 e. The van der Waals surface area contributed by atoms with Crippen LogP contribution in [-0.2, 0) is 33.3 Å². The van der Waals surface area contributed by atoms with E-state index in [9.17, 15) is 19.5 Å². The molecule has 3 fully saturated rings. The lowest BCUT2D eigenvalue weighted by molar-refractivity contribution is -0.282. The van der Waals surface area contributed by atoms with Crippen molar-refractivity contribution >= 4 is 17.9 Å². The van der Waals surface area contributed by atoms with E-state index in [2.05, 4.69) is 13.8 Å². The van der Waals surface area contributed by atoms with Crippen molar-refractivity contribution in [3.8, 4) is 0 Å². The first-order valence-electron chi connectivity index (χ1n) is 11.2. The van der Waals surface area contributed by atoms with E-state index in [1.807, 2.05) is 0 Å². The molecule has 4 rings (SSSR count). The van der Waals surface area contributed by atoms with Gasteiger partial charge in [-0.2, -0.15) is 0 Å². The molecule has 2 bridgehead atoms. The lowest BCUT2D eigenvalue weighted by atomic mass is 9.61. The van der Waals surface area contributed by atoms with E-state index in [1.165, 1.54) is 13.8 Å². The van der Waals surface area contributed by atoms with Gasteiger partial charge in [-0.3, -0.25) is 14.3 Å². The van der Waals surface area contributed by atoms with Crippen molar-refractivity contribution < 1.29 is 38.4 Å². The van der Waals surface area contributed by atoms with Crippen molar-refractivity contribution in [3.63, 3.8) is 0 Å². The third-order valence-electron chi connectivity index (χ3n) is 8.13. The zero-order chi connectivity index (χ0) is 23.6. The molecule has 4 aliphatic rings. The van der Waals surface area contributed by atoms with Crippen LogP contribution in [0.5, 0.6) is 0 Å². The van der Waals surface area contributed by atoms with E-state index >= 15 is 0 Å². The van der Waals surface area contributed by atoms with Crippen LogP contribution in [0.25, 0.3) is 0 Å². The molecule has 1 heterocycles. The van der Waals surface area contributed by atoms with Crippen LogP contribution in [0.15, 0.2) is 23.3 Å². The van der Waals surface area contributed by atoms with Crippen molar-refractivity contribution in [2.24, 2.45) is 28.6 Å². The summed E-state index contributed by atoms with van der Waals surface area (Å²) in [7, 11) is 0. The molecule has 8 nitrogen and oxygen atoms in total. The highest BCUT2D eigenvalue weighted by atomic mass is 16.8. The van der Waals surface area contributed by atoms with Gasteiger partial charge in [0.2, 0.25) is 12.6 Å². The summed E-state index contributed by atoms with van der Waals surface area (Å²) in [5.74, 6) is -2.16. The molecular weight excluding hydrogens is 416 g/mol. The first-order valence-corrected chi connectivity index (χ1v) is 11.2. The average Bonchev–Trinajstić information content (AvgIpc) is 3.14. The summed E-state index contributed by atoms with van der Waals surface area (Å²) in [4.78, 5) is 36.3. The summed E-state index contributed by atoms with van der Waals surface area (Å²) in [6.07, 6.45) is 1.30. The number of ether oxygens (including phenoxy) is 4. The van der Waals surface area contributed by atoms with Gasteiger partial charge in [-0.05, 0) is 44.1 Å². The topological polar surface area (TPSA) is 108 Å². The molecule has 3 aliphatic carbocycles. The highest BCUT2D eigenvalue weighted by molar-refractivity contribution is 5.87. The number of allylic oxidation sites excluding steroid dienone is 1. The summed E-state index contributed by atoms with van der Waals surface area (Å²) in [5.41, 5.74) is -0.0991. The molecule has 176 valence electrons. The monoisotopic (exact) mass is 448 g/mol. The van der Waals surface area contributed by atoms with Crippen LogP contribution in [0.3, 0.4) is 0 Å². The molecule has 0 aromatic rings. The van der Waals surface area contributed by atoms with Gasteiger partial charge < -0.3 is 19.3 Å². The molecule has 32 heavy (non-hydrogen) atoms. The number of fused-ring (bicyclic) bond motifs is 1. The minimum absolute atomic E-state index is 0.0118. The highest BCUT2D eigenvalue weighted by Gasteiger charge is 2.77. The summed E-state index contributed by atoms with van der Waals surface area (Å²) in [6, 6.07) is 0. The number of aliphatic hydroxyl groups excluding tert-OH is 1. The Kier molecular flexibility index (Phi) is 5.53. The maximum atomic E-state index is 12.6. The maximum absolute atomic E-state index is 12.6. The highest BCUT2D eigenvalue weighted by Crippen LogP contribution is 2.74. The molecule has 2 saturated carbocycles. The second kappa shape index (κ2) is 7.70. The smallest absolute Gasteiger partial charge is 0.333 e. The second-order valence-corrected chi connectivity index (χ2v) is 9.98. The Hall–Kier alpha value is -2.19.